The third kappa shape index (κ3) is 4.32. The fraction of sp³-hybridized carbons (Fsp3) is 0.174. The minimum atomic E-state index is 0.0708. The molecule has 0 N–H and O–H groups in total. The number of hydrogen-bond acceptors (Lipinski definition) is 5. The van der Waals surface area contributed by atoms with Crippen LogP contribution in [0.4, 0.5) is 0 Å². The van der Waals surface area contributed by atoms with Crippen LogP contribution in [0.15, 0.2) is 71.9 Å². The molecule has 0 aliphatic heterocycles. The SMILES string of the molecule is Cc1ccccc1OCc1nnc(SCC(=O)c2ccc3ccccc3c2)n1C. The van der Waals surface area contributed by atoms with E-state index in [9.17, 15) is 4.79 Å². The first kappa shape index (κ1) is 19.2. The zero-order chi connectivity index (χ0) is 20.2. The average Bonchev–Trinajstić information content (AvgIpc) is 3.10. The Labute approximate surface area is 173 Å². The summed E-state index contributed by atoms with van der Waals surface area (Å²) in [6, 6.07) is 21.7. The summed E-state index contributed by atoms with van der Waals surface area (Å²) in [4.78, 5) is 12.6. The second-order valence-electron chi connectivity index (χ2n) is 6.79. The van der Waals surface area contributed by atoms with Gasteiger partial charge in [0.15, 0.2) is 16.8 Å². The van der Waals surface area contributed by atoms with Crippen molar-refractivity contribution in [2.75, 3.05) is 5.75 Å². The lowest BCUT2D eigenvalue weighted by atomic mass is 10.1. The van der Waals surface area contributed by atoms with E-state index in [-0.39, 0.29) is 5.78 Å². The lowest BCUT2D eigenvalue weighted by Crippen LogP contribution is -2.06. The highest BCUT2D eigenvalue weighted by molar-refractivity contribution is 7.99. The number of carbonyl (C=O) groups is 1. The fourth-order valence-electron chi connectivity index (χ4n) is 3.03. The number of hydrogen-bond donors (Lipinski definition) is 0. The van der Waals surface area contributed by atoms with Crippen molar-refractivity contribution in [1.29, 1.82) is 0 Å². The number of Topliss-reactive ketones (excluding diaryl/α,β-unsaturated/α-hetero) is 1. The van der Waals surface area contributed by atoms with Crippen molar-refractivity contribution < 1.29 is 9.53 Å². The van der Waals surface area contributed by atoms with Crippen LogP contribution in [-0.2, 0) is 13.7 Å². The molecule has 29 heavy (non-hydrogen) atoms. The van der Waals surface area contributed by atoms with E-state index in [1.807, 2.05) is 85.3 Å². The molecule has 0 bridgehead atoms. The van der Waals surface area contributed by atoms with Crippen LogP contribution < -0.4 is 4.74 Å². The number of ether oxygens (including phenoxy) is 1. The van der Waals surface area contributed by atoms with Crippen LogP contribution >= 0.6 is 11.8 Å². The number of carbonyl (C=O) groups excluding carboxylic acids is 1. The van der Waals surface area contributed by atoms with Crippen molar-refractivity contribution in [2.45, 2.75) is 18.7 Å². The van der Waals surface area contributed by atoms with E-state index in [4.69, 9.17) is 4.74 Å². The van der Waals surface area contributed by atoms with Gasteiger partial charge in [-0.15, -0.1) is 10.2 Å². The Hall–Kier alpha value is -3.12. The van der Waals surface area contributed by atoms with Gasteiger partial charge in [-0.05, 0) is 35.4 Å². The first-order valence-electron chi connectivity index (χ1n) is 9.33. The van der Waals surface area contributed by atoms with Gasteiger partial charge in [0.1, 0.15) is 12.4 Å². The number of aryl methyl sites for hydroxylation is 1. The first-order chi connectivity index (χ1) is 14.1. The zero-order valence-electron chi connectivity index (χ0n) is 16.3. The van der Waals surface area contributed by atoms with E-state index >= 15 is 0 Å². The Kier molecular flexibility index (Phi) is 5.62. The molecule has 0 radical (unpaired) electrons. The third-order valence-corrected chi connectivity index (χ3v) is 5.80. The fourth-order valence-corrected chi connectivity index (χ4v) is 3.86. The molecule has 0 atom stereocenters. The Bertz CT molecular complexity index is 1170. The molecule has 1 aromatic heterocycles. The van der Waals surface area contributed by atoms with Gasteiger partial charge in [0.25, 0.3) is 0 Å². The topological polar surface area (TPSA) is 57.0 Å². The second-order valence-corrected chi connectivity index (χ2v) is 7.73. The highest BCUT2D eigenvalue weighted by Crippen LogP contribution is 2.22. The molecule has 0 saturated carbocycles. The first-order valence-corrected chi connectivity index (χ1v) is 10.3. The van der Waals surface area contributed by atoms with Gasteiger partial charge >= 0.3 is 0 Å². The summed E-state index contributed by atoms with van der Waals surface area (Å²) >= 11 is 1.39. The van der Waals surface area contributed by atoms with E-state index in [2.05, 4.69) is 10.2 Å². The molecule has 0 aliphatic carbocycles. The highest BCUT2D eigenvalue weighted by Gasteiger charge is 2.14. The summed E-state index contributed by atoms with van der Waals surface area (Å²) < 4.78 is 7.72. The summed E-state index contributed by atoms with van der Waals surface area (Å²) in [5, 5.41) is 11.3. The molecule has 0 fully saturated rings. The number of para-hydroxylation sites is 1. The maximum absolute atomic E-state index is 12.6. The Morgan fingerprint density at radius 3 is 2.59 bits per heavy atom. The van der Waals surface area contributed by atoms with Crippen LogP contribution in [0, 0.1) is 6.92 Å². The largest absolute Gasteiger partial charge is 0.485 e. The smallest absolute Gasteiger partial charge is 0.191 e. The number of fused-ring (bicyclic) bond motifs is 1. The maximum Gasteiger partial charge on any atom is 0.191 e. The number of nitrogens with zero attached hydrogens (tertiary/aromatic N) is 3. The van der Waals surface area contributed by atoms with Crippen LogP contribution in [0.3, 0.4) is 0 Å². The summed E-state index contributed by atoms with van der Waals surface area (Å²) in [5.74, 6) is 1.93. The predicted octanol–water partition coefficient (Wildman–Crippen LogP) is 4.83. The number of thioether (sulfide) groups is 1. The molecule has 5 nitrogen and oxygen atoms in total. The molecule has 6 heteroatoms. The minimum absolute atomic E-state index is 0.0708. The van der Waals surface area contributed by atoms with E-state index in [1.54, 1.807) is 0 Å². The van der Waals surface area contributed by atoms with Crippen molar-refractivity contribution in [3.05, 3.63) is 83.7 Å². The molecule has 0 spiro atoms. The molecule has 3 aromatic carbocycles. The molecule has 146 valence electrons. The van der Waals surface area contributed by atoms with Gasteiger partial charge in [0.05, 0.1) is 5.75 Å². The van der Waals surface area contributed by atoms with E-state index in [0.717, 1.165) is 22.1 Å². The molecular weight excluding hydrogens is 382 g/mol. The van der Waals surface area contributed by atoms with Crippen molar-refractivity contribution in [2.24, 2.45) is 7.05 Å². The number of rotatable bonds is 7. The van der Waals surface area contributed by atoms with Crippen LogP contribution in [0.2, 0.25) is 0 Å². The van der Waals surface area contributed by atoms with Gasteiger partial charge in [-0.3, -0.25) is 4.79 Å². The normalized spacial score (nSPS) is 11.0. The van der Waals surface area contributed by atoms with Crippen molar-refractivity contribution in [3.8, 4) is 5.75 Å². The minimum Gasteiger partial charge on any atom is -0.485 e. The van der Waals surface area contributed by atoms with Crippen LogP contribution in [0.1, 0.15) is 21.7 Å². The third-order valence-electron chi connectivity index (χ3n) is 4.78. The van der Waals surface area contributed by atoms with Gasteiger partial charge in [-0.1, -0.05) is 66.4 Å². The standard InChI is InChI=1S/C23H21N3O2S/c1-16-7-3-6-10-21(16)28-14-22-24-25-23(26(22)2)29-15-20(27)19-12-11-17-8-4-5-9-18(17)13-19/h3-13H,14-15H2,1-2H3. The van der Waals surface area contributed by atoms with Gasteiger partial charge in [0.2, 0.25) is 0 Å². The van der Waals surface area contributed by atoms with Crippen LogP contribution in [-0.4, -0.2) is 26.3 Å². The molecule has 4 aromatic rings. The predicted molar refractivity (Wildman–Crippen MR) is 116 cm³/mol. The molecule has 0 saturated heterocycles. The lowest BCUT2D eigenvalue weighted by Gasteiger charge is -2.08. The molecular formula is C23H21N3O2S. The summed E-state index contributed by atoms with van der Waals surface area (Å²) in [7, 11) is 1.89. The summed E-state index contributed by atoms with van der Waals surface area (Å²) in [5.41, 5.74) is 1.78. The number of benzene rings is 3. The monoisotopic (exact) mass is 403 g/mol. The number of aromatic nitrogens is 3. The Balaban J connectivity index is 1.39. The van der Waals surface area contributed by atoms with Gasteiger partial charge < -0.3 is 9.30 Å². The van der Waals surface area contributed by atoms with E-state index in [0.29, 0.717) is 28.9 Å². The van der Waals surface area contributed by atoms with Crippen molar-refractivity contribution in [1.82, 2.24) is 14.8 Å². The van der Waals surface area contributed by atoms with Gasteiger partial charge in [0, 0.05) is 12.6 Å². The number of ketones is 1. The second kappa shape index (κ2) is 8.49. The molecule has 1 heterocycles. The molecule has 0 amide bonds. The summed E-state index contributed by atoms with van der Waals surface area (Å²) in [6.07, 6.45) is 0. The van der Waals surface area contributed by atoms with Crippen LogP contribution in [0.25, 0.3) is 10.8 Å². The molecule has 0 aliphatic rings. The van der Waals surface area contributed by atoms with Gasteiger partial charge in [-0.25, -0.2) is 0 Å². The molecule has 4 rings (SSSR count). The van der Waals surface area contributed by atoms with E-state index < -0.39 is 0 Å². The Morgan fingerprint density at radius 1 is 1.00 bits per heavy atom. The molecule has 0 unspecified atom stereocenters. The average molecular weight is 404 g/mol. The van der Waals surface area contributed by atoms with Crippen molar-refractivity contribution in [3.63, 3.8) is 0 Å². The highest BCUT2D eigenvalue weighted by atomic mass is 32.2. The summed E-state index contributed by atoms with van der Waals surface area (Å²) in [6.45, 7) is 2.33. The van der Waals surface area contributed by atoms with Crippen molar-refractivity contribution >= 4 is 28.3 Å². The quantitative estimate of drug-likeness (QED) is 0.327. The maximum atomic E-state index is 12.6. The van der Waals surface area contributed by atoms with E-state index in [1.165, 1.54) is 11.8 Å². The zero-order valence-corrected chi connectivity index (χ0v) is 17.1. The van der Waals surface area contributed by atoms with Crippen LogP contribution in [0.5, 0.6) is 5.75 Å². The van der Waals surface area contributed by atoms with Gasteiger partial charge in [-0.2, -0.15) is 0 Å². The Morgan fingerprint density at radius 2 is 1.76 bits per heavy atom. The lowest BCUT2D eigenvalue weighted by molar-refractivity contribution is 0.102.